The summed E-state index contributed by atoms with van der Waals surface area (Å²) in [5.41, 5.74) is 2.64. The fourth-order valence-corrected chi connectivity index (χ4v) is 3.42. The number of nitrogens with one attached hydrogen (secondary N) is 1. The lowest BCUT2D eigenvalue weighted by Gasteiger charge is -2.02. The molecule has 0 fully saturated rings. The van der Waals surface area contributed by atoms with Gasteiger partial charge in [0, 0.05) is 34.6 Å². The highest BCUT2D eigenvalue weighted by molar-refractivity contribution is 7.12. The minimum absolute atomic E-state index is 0.972. The van der Waals surface area contributed by atoms with Gasteiger partial charge in [-0.2, -0.15) is 0 Å². The number of thiophene rings is 1. The topological polar surface area (TPSA) is 24.9 Å². The smallest absolute Gasteiger partial charge is 0.0897 e. The molecule has 92 valence electrons. The molecule has 1 N–H and O–H groups in total. The molecule has 0 aliphatic rings. The van der Waals surface area contributed by atoms with Crippen LogP contribution in [0.5, 0.6) is 0 Å². The number of hydrogen-bond acceptors (Lipinski definition) is 4. The first-order valence-corrected chi connectivity index (χ1v) is 7.52. The fraction of sp³-hybridized carbons (Fsp3) is 0.462. The average Bonchev–Trinajstić information content (AvgIpc) is 2.81. The first kappa shape index (κ1) is 12.7. The quantitative estimate of drug-likeness (QED) is 0.838. The second-order valence-electron chi connectivity index (χ2n) is 4.22. The average molecular weight is 266 g/mol. The molecule has 17 heavy (non-hydrogen) atoms. The summed E-state index contributed by atoms with van der Waals surface area (Å²) < 4.78 is 0. The summed E-state index contributed by atoms with van der Waals surface area (Å²) in [6.45, 7) is 8.38. The third kappa shape index (κ3) is 3.63. The van der Waals surface area contributed by atoms with Crippen molar-refractivity contribution in [2.75, 3.05) is 6.54 Å². The van der Waals surface area contributed by atoms with E-state index in [1.54, 1.807) is 11.3 Å². The summed E-state index contributed by atoms with van der Waals surface area (Å²) in [5.74, 6) is 0. The summed E-state index contributed by atoms with van der Waals surface area (Å²) in [7, 11) is 0. The van der Waals surface area contributed by atoms with E-state index in [4.69, 9.17) is 0 Å². The van der Waals surface area contributed by atoms with E-state index in [9.17, 15) is 0 Å². The van der Waals surface area contributed by atoms with E-state index >= 15 is 0 Å². The zero-order valence-electron chi connectivity index (χ0n) is 10.5. The van der Waals surface area contributed by atoms with Crippen molar-refractivity contribution in [1.82, 2.24) is 10.3 Å². The van der Waals surface area contributed by atoms with Crippen LogP contribution in [0.3, 0.4) is 0 Å². The van der Waals surface area contributed by atoms with Crippen molar-refractivity contribution in [3.05, 3.63) is 37.5 Å². The Kier molecular flexibility index (Phi) is 4.31. The summed E-state index contributed by atoms with van der Waals surface area (Å²) >= 11 is 3.60. The van der Waals surface area contributed by atoms with Gasteiger partial charge in [-0.05, 0) is 32.4 Å². The SMILES string of the molecule is Cc1cc(CNCCc2csc(C)n2)c(C)s1. The Labute approximate surface area is 111 Å². The number of nitrogens with zero attached hydrogens (tertiary/aromatic N) is 1. The monoisotopic (exact) mass is 266 g/mol. The van der Waals surface area contributed by atoms with Gasteiger partial charge in [0.2, 0.25) is 0 Å². The van der Waals surface area contributed by atoms with E-state index in [1.165, 1.54) is 21.0 Å². The molecule has 0 aromatic carbocycles. The van der Waals surface area contributed by atoms with E-state index < -0.39 is 0 Å². The lowest BCUT2D eigenvalue weighted by Crippen LogP contribution is -2.16. The van der Waals surface area contributed by atoms with Crippen molar-refractivity contribution in [1.29, 1.82) is 0 Å². The zero-order valence-corrected chi connectivity index (χ0v) is 12.2. The Morgan fingerprint density at radius 3 is 2.71 bits per heavy atom. The lowest BCUT2D eigenvalue weighted by molar-refractivity contribution is 0.680. The van der Waals surface area contributed by atoms with Crippen LogP contribution < -0.4 is 5.32 Å². The van der Waals surface area contributed by atoms with Crippen LogP contribution in [-0.4, -0.2) is 11.5 Å². The Morgan fingerprint density at radius 1 is 1.29 bits per heavy atom. The third-order valence-electron chi connectivity index (χ3n) is 2.68. The highest BCUT2D eigenvalue weighted by Crippen LogP contribution is 2.20. The van der Waals surface area contributed by atoms with Crippen LogP contribution in [0.15, 0.2) is 11.4 Å². The Hall–Kier alpha value is -0.710. The minimum atomic E-state index is 0.972. The van der Waals surface area contributed by atoms with Crippen molar-refractivity contribution in [2.45, 2.75) is 33.7 Å². The lowest BCUT2D eigenvalue weighted by atomic mass is 10.2. The van der Waals surface area contributed by atoms with Crippen LogP contribution in [0.25, 0.3) is 0 Å². The van der Waals surface area contributed by atoms with Crippen molar-refractivity contribution < 1.29 is 0 Å². The molecular formula is C13H18N2S2. The highest BCUT2D eigenvalue weighted by Gasteiger charge is 2.02. The van der Waals surface area contributed by atoms with Crippen molar-refractivity contribution in [2.24, 2.45) is 0 Å². The second kappa shape index (κ2) is 5.76. The van der Waals surface area contributed by atoms with Crippen LogP contribution in [0.2, 0.25) is 0 Å². The molecule has 0 bridgehead atoms. The predicted molar refractivity (Wildman–Crippen MR) is 76.1 cm³/mol. The van der Waals surface area contributed by atoms with E-state index in [1.807, 2.05) is 11.3 Å². The molecule has 0 aliphatic carbocycles. The molecule has 2 nitrogen and oxygen atoms in total. The van der Waals surface area contributed by atoms with Crippen molar-refractivity contribution >= 4 is 22.7 Å². The van der Waals surface area contributed by atoms with Gasteiger partial charge in [0.25, 0.3) is 0 Å². The van der Waals surface area contributed by atoms with E-state index in [0.29, 0.717) is 0 Å². The van der Waals surface area contributed by atoms with E-state index in [0.717, 1.165) is 24.5 Å². The van der Waals surface area contributed by atoms with Gasteiger partial charge >= 0.3 is 0 Å². The maximum absolute atomic E-state index is 4.46. The number of rotatable bonds is 5. The standard InChI is InChI=1S/C13H18N2S2/c1-9-6-12(10(2)17-9)7-14-5-4-13-8-16-11(3)15-13/h6,8,14H,4-5,7H2,1-3H3. The minimum Gasteiger partial charge on any atom is -0.312 e. The fourth-order valence-electron chi connectivity index (χ4n) is 1.82. The number of hydrogen-bond donors (Lipinski definition) is 1. The first-order valence-electron chi connectivity index (χ1n) is 5.83. The van der Waals surface area contributed by atoms with Crippen LogP contribution in [-0.2, 0) is 13.0 Å². The van der Waals surface area contributed by atoms with Crippen LogP contribution in [0, 0.1) is 20.8 Å². The summed E-state index contributed by atoms with van der Waals surface area (Å²) in [5, 5.41) is 6.79. The Balaban J connectivity index is 1.75. The van der Waals surface area contributed by atoms with Crippen molar-refractivity contribution in [3.63, 3.8) is 0 Å². The van der Waals surface area contributed by atoms with Gasteiger partial charge in [-0.3, -0.25) is 0 Å². The van der Waals surface area contributed by atoms with Crippen molar-refractivity contribution in [3.8, 4) is 0 Å². The van der Waals surface area contributed by atoms with E-state index in [2.05, 4.69) is 42.5 Å². The number of aryl methyl sites for hydroxylation is 3. The van der Waals surface area contributed by atoms with Gasteiger partial charge in [-0.25, -0.2) is 4.98 Å². The molecule has 0 saturated carbocycles. The maximum atomic E-state index is 4.46. The van der Waals surface area contributed by atoms with Gasteiger partial charge in [-0.15, -0.1) is 22.7 Å². The Morgan fingerprint density at radius 2 is 2.12 bits per heavy atom. The molecule has 0 spiro atoms. The van der Waals surface area contributed by atoms with Gasteiger partial charge in [0.15, 0.2) is 0 Å². The molecule has 2 heterocycles. The third-order valence-corrected chi connectivity index (χ3v) is 4.51. The molecule has 0 atom stereocenters. The summed E-state index contributed by atoms with van der Waals surface area (Å²) in [4.78, 5) is 7.29. The number of thiazole rings is 1. The molecule has 2 rings (SSSR count). The van der Waals surface area contributed by atoms with Gasteiger partial charge < -0.3 is 5.32 Å². The first-order chi connectivity index (χ1) is 8.15. The molecule has 0 unspecified atom stereocenters. The number of aromatic nitrogens is 1. The predicted octanol–water partition coefficient (Wildman–Crippen LogP) is 3.46. The molecule has 0 radical (unpaired) electrons. The highest BCUT2D eigenvalue weighted by atomic mass is 32.1. The normalized spacial score (nSPS) is 11.0. The molecule has 0 saturated heterocycles. The molecule has 0 amide bonds. The molecule has 0 aliphatic heterocycles. The van der Waals surface area contributed by atoms with Gasteiger partial charge in [0.05, 0.1) is 10.7 Å². The largest absolute Gasteiger partial charge is 0.312 e. The molecular weight excluding hydrogens is 248 g/mol. The molecule has 2 aromatic rings. The van der Waals surface area contributed by atoms with Crippen LogP contribution in [0.4, 0.5) is 0 Å². The van der Waals surface area contributed by atoms with Crippen LogP contribution in [0.1, 0.15) is 26.0 Å². The van der Waals surface area contributed by atoms with Crippen LogP contribution >= 0.6 is 22.7 Å². The summed E-state index contributed by atoms with van der Waals surface area (Å²) in [6.07, 6.45) is 1.02. The van der Waals surface area contributed by atoms with Gasteiger partial charge in [-0.1, -0.05) is 0 Å². The molecule has 2 aromatic heterocycles. The maximum Gasteiger partial charge on any atom is 0.0897 e. The summed E-state index contributed by atoms with van der Waals surface area (Å²) in [6, 6.07) is 2.28. The zero-order chi connectivity index (χ0) is 12.3. The Bertz CT molecular complexity index is 485. The molecule has 4 heteroatoms. The van der Waals surface area contributed by atoms with E-state index in [-0.39, 0.29) is 0 Å². The van der Waals surface area contributed by atoms with Gasteiger partial charge in [0.1, 0.15) is 0 Å². The second-order valence-corrected chi connectivity index (χ2v) is 6.75.